The molecule has 30 heavy (non-hydrogen) atoms. The van der Waals surface area contributed by atoms with Crippen molar-refractivity contribution in [3.05, 3.63) is 58.8 Å². The lowest BCUT2D eigenvalue weighted by atomic mass is 10.1. The minimum absolute atomic E-state index is 0.0826. The Bertz CT molecular complexity index is 1270. The smallest absolute Gasteiger partial charge is 0.359 e. The zero-order valence-corrected chi connectivity index (χ0v) is 17.9. The summed E-state index contributed by atoms with van der Waals surface area (Å²) in [7, 11) is -3.04. The molecule has 0 amide bonds. The lowest BCUT2D eigenvalue weighted by molar-refractivity contribution is 0.0469. The van der Waals surface area contributed by atoms with Crippen LogP contribution < -0.4 is 0 Å². The molecular formula is C21H23N3O5S. The van der Waals surface area contributed by atoms with Gasteiger partial charge in [0, 0.05) is 34.9 Å². The zero-order chi connectivity index (χ0) is 21.6. The number of ether oxygens (including phenoxy) is 1. The highest BCUT2D eigenvalue weighted by atomic mass is 32.2. The van der Waals surface area contributed by atoms with Crippen LogP contribution in [-0.2, 0) is 14.6 Å². The minimum atomic E-state index is -3.04. The number of carbonyl (C=O) groups is 2. The number of hydrogen-bond acceptors (Lipinski definition) is 6. The average Bonchev–Trinajstić information content (AvgIpc) is 3.35. The summed E-state index contributed by atoms with van der Waals surface area (Å²) in [5.41, 5.74) is 3.65. The number of aryl methyl sites for hydroxylation is 2. The monoisotopic (exact) mass is 429 g/mol. The van der Waals surface area contributed by atoms with Crippen molar-refractivity contribution in [1.29, 1.82) is 0 Å². The van der Waals surface area contributed by atoms with Gasteiger partial charge in [-0.15, -0.1) is 0 Å². The standard InChI is InChI=1S/C21H23N3O5S/c1-13-5-4-6-20-22-18(10-23(13)20)21(26)29-11-19(25)17-9-14(2)24(15(17)3)16-7-8-30(27,28)12-16/h4-6,9-10,16H,7-8,11-12H2,1-3H3/t16-/m1/s1. The topological polar surface area (TPSA) is 99.7 Å². The number of fused-ring (bicyclic) bond motifs is 1. The fourth-order valence-corrected chi connectivity index (χ4v) is 5.83. The van der Waals surface area contributed by atoms with Crippen LogP contribution in [-0.4, -0.2) is 52.2 Å². The third-order valence-corrected chi connectivity index (χ3v) is 7.35. The molecule has 3 aromatic rings. The maximum absolute atomic E-state index is 12.7. The summed E-state index contributed by atoms with van der Waals surface area (Å²) in [6.45, 7) is 5.13. The van der Waals surface area contributed by atoms with Crippen LogP contribution in [0.25, 0.3) is 5.65 Å². The first-order valence-electron chi connectivity index (χ1n) is 9.70. The van der Waals surface area contributed by atoms with Crippen LogP contribution in [0.5, 0.6) is 0 Å². The number of nitrogens with zero attached hydrogens (tertiary/aromatic N) is 3. The van der Waals surface area contributed by atoms with Crippen molar-refractivity contribution < 1.29 is 22.7 Å². The van der Waals surface area contributed by atoms with Crippen LogP contribution in [0.15, 0.2) is 30.5 Å². The number of esters is 1. The Hall–Kier alpha value is -2.94. The van der Waals surface area contributed by atoms with Crippen LogP contribution >= 0.6 is 0 Å². The van der Waals surface area contributed by atoms with Crippen molar-refractivity contribution in [2.24, 2.45) is 0 Å². The van der Waals surface area contributed by atoms with Gasteiger partial charge in [0.05, 0.1) is 11.5 Å². The van der Waals surface area contributed by atoms with E-state index in [9.17, 15) is 18.0 Å². The number of hydrogen-bond donors (Lipinski definition) is 0. The van der Waals surface area contributed by atoms with Crippen molar-refractivity contribution in [3.8, 4) is 0 Å². The molecule has 8 nitrogen and oxygen atoms in total. The van der Waals surface area contributed by atoms with Crippen molar-refractivity contribution in [1.82, 2.24) is 14.0 Å². The molecule has 0 bridgehead atoms. The van der Waals surface area contributed by atoms with Gasteiger partial charge in [-0.1, -0.05) is 6.07 Å². The quantitative estimate of drug-likeness (QED) is 0.456. The van der Waals surface area contributed by atoms with Crippen LogP contribution in [0, 0.1) is 20.8 Å². The first-order valence-corrected chi connectivity index (χ1v) is 11.5. The molecule has 0 N–H and O–H groups in total. The molecule has 9 heteroatoms. The van der Waals surface area contributed by atoms with Crippen molar-refractivity contribution >= 4 is 27.2 Å². The van der Waals surface area contributed by atoms with Gasteiger partial charge in [0.1, 0.15) is 5.65 Å². The summed E-state index contributed by atoms with van der Waals surface area (Å²) < 4.78 is 32.6. The Morgan fingerprint density at radius 2 is 1.97 bits per heavy atom. The molecule has 0 aliphatic carbocycles. The van der Waals surface area contributed by atoms with Gasteiger partial charge in [-0.2, -0.15) is 0 Å². The van der Waals surface area contributed by atoms with E-state index in [1.165, 1.54) is 0 Å². The highest BCUT2D eigenvalue weighted by Gasteiger charge is 2.31. The Labute approximate surface area is 174 Å². The number of rotatable bonds is 5. The molecule has 0 aromatic carbocycles. The number of pyridine rings is 1. The Morgan fingerprint density at radius 3 is 2.63 bits per heavy atom. The normalized spacial score (nSPS) is 18.0. The maximum Gasteiger partial charge on any atom is 0.359 e. The highest BCUT2D eigenvalue weighted by Crippen LogP contribution is 2.29. The molecule has 158 valence electrons. The minimum Gasteiger partial charge on any atom is -0.453 e. The number of aromatic nitrogens is 3. The lowest BCUT2D eigenvalue weighted by Crippen LogP contribution is -2.17. The van der Waals surface area contributed by atoms with Crippen LogP contribution in [0.1, 0.15) is 50.4 Å². The molecule has 1 aliphatic rings. The number of carbonyl (C=O) groups excluding carboxylic acids is 2. The Balaban J connectivity index is 1.48. The van der Waals surface area contributed by atoms with Gasteiger partial charge in [0.2, 0.25) is 5.78 Å². The Kier molecular flexibility index (Phi) is 5.01. The molecule has 3 aromatic heterocycles. The molecule has 0 spiro atoms. The largest absolute Gasteiger partial charge is 0.453 e. The van der Waals surface area contributed by atoms with E-state index in [-0.39, 0.29) is 29.0 Å². The predicted octanol–water partition coefficient (Wildman–Crippen LogP) is 2.46. The molecule has 1 atom stereocenters. The van der Waals surface area contributed by atoms with Gasteiger partial charge in [-0.05, 0) is 45.4 Å². The SMILES string of the molecule is Cc1cc(C(=O)COC(=O)c2cn3c(C)cccc3n2)c(C)n1[C@@H]1CCS(=O)(=O)C1. The van der Waals surface area contributed by atoms with E-state index in [0.29, 0.717) is 23.3 Å². The molecule has 4 rings (SSSR count). The van der Waals surface area contributed by atoms with Crippen LogP contribution in [0.4, 0.5) is 0 Å². The van der Waals surface area contributed by atoms with E-state index in [2.05, 4.69) is 4.98 Å². The molecule has 1 aliphatic heterocycles. The maximum atomic E-state index is 12.7. The summed E-state index contributed by atoms with van der Waals surface area (Å²) in [5, 5.41) is 0. The molecule has 0 unspecified atom stereocenters. The molecule has 4 heterocycles. The molecule has 0 saturated carbocycles. The van der Waals surface area contributed by atoms with Crippen molar-refractivity contribution in [3.63, 3.8) is 0 Å². The summed E-state index contributed by atoms with van der Waals surface area (Å²) in [6.07, 6.45) is 2.12. The second kappa shape index (κ2) is 7.39. The second-order valence-corrected chi connectivity index (χ2v) is 9.96. The fraction of sp³-hybridized carbons (Fsp3) is 0.381. The van der Waals surface area contributed by atoms with Crippen molar-refractivity contribution in [2.45, 2.75) is 33.2 Å². The second-order valence-electron chi connectivity index (χ2n) is 7.73. The Morgan fingerprint density at radius 1 is 1.20 bits per heavy atom. The molecular weight excluding hydrogens is 406 g/mol. The number of imidazole rings is 1. The van der Waals surface area contributed by atoms with E-state index in [4.69, 9.17) is 4.74 Å². The van der Waals surface area contributed by atoms with Gasteiger partial charge in [-0.25, -0.2) is 18.2 Å². The average molecular weight is 429 g/mol. The first-order chi connectivity index (χ1) is 14.2. The summed E-state index contributed by atoms with van der Waals surface area (Å²) in [6, 6.07) is 7.10. The molecule has 1 saturated heterocycles. The zero-order valence-electron chi connectivity index (χ0n) is 17.1. The third kappa shape index (κ3) is 3.65. The highest BCUT2D eigenvalue weighted by molar-refractivity contribution is 7.91. The van der Waals surface area contributed by atoms with Gasteiger partial charge < -0.3 is 13.7 Å². The van der Waals surface area contributed by atoms with E-state index in [1.807, 2.05) is 30.5 Å². The van der Waals surface area contributed by atoms with Gasteiger partial charge >= 0.3 is 5.97 Å². The van der Waals surface area contributed by atoms with Crippen molar-refractivity contribution in [2.75, 3.05) is 18.1 Å². The third-order valence-electron chi connectivity index (χ3n) is 5.60. The van der Waals surface area contributed by atoms with Gasteiger partial charge in [-0.3, -0.25) is 4.79 Å². The predicted molar refractivity (Wildman–Crippen MR) is 111 cm³/mol. The number of sulfone groups is 1. The number of Topliss-reactive ketones (excluding diaryl/α,β-unsaturated/α-hetero) is 1. The van der Waals surface area contributed by atoms with Gasteiger partial charge in [0.15, 0.2) is 22.1 Å². The van der Waals surface area contributed by atoms with Gasteiger partial charge in [0.25, 0.3) is 0 Å². The summed E-state index contributed by atoms with van der Waals surface area (Å²) in [5.74, 6) is -0.751. The van der Waals surface area contributed by atoms with E-state index >= 15 is 0 Å². The molecule has 0 radical (unpaired) electrons. The van der Waals surface area contributed by atoms with E-state index < -0.39 is 22.4 Å². The lowest BCUT2D eigenvalue weighted by Gasteiger charge is -2.16. The van der Waals surface area contributed by atoms with Crippen LogP contribution in [0.3, 0.4) is 0 Å². The summed E-state index contributed by atoms with van der Waals surface area (Å²) in [4.78, 5) is 29.3. The molecule has 1 fully saturated rings. The first kappa shape index (κ1) is 20.3. The number of ketones is 1. The summed E-state index contributed by atoms with van der Waals surface area (Å²) >= 11 is 0. The fourth-order valence-electron chi connectivity index (χ4n) is 4.13. The van der Waals surface area contributed by atoms with E-state index in [0.717, 1.165) is 11.4 Å². The van der Waals surface area contributed by atoms with E-state index in [1.54, 1.807) is 29.7 Å². The van der Waals surface area contributed by atoms with Crippen LogP contribution in [0.2, 0.25) is 0 Å².